The first kappa shape index (κ1) is 22.6. The molecule has 0 aliphatic heterocycles. The fourth-order valence-electron chi connectivity index (χ4n) is 7.34. The minimum Gasteiger partial charge on any atom is -0.424 e. The zero-order valence-electron chi connectivity index (χ0n) is 17.5. The Hall–Kier alpha value is -1.61. The van der Waals surface area contributed by atoms with E-state index in [2.05, 4.69) is 12.6 Å². The monoisotopic (exact) mass is 458 g/mol. The molecule has 0 aromatic rings. The van der Waals surface area contributed by atoms with E-state index in [0.29, 0.717) is 0 Å². The average molecular weight is 458 g/mol. The van der Waals surface area contributed by atoms with Gasteiger partial charge >= 0.3 is 6.22 Å². The molecule has 0 radical (unpaired) electrons. The van der Waals surface area contributed by atoms with Gasteiger partial charge in [0, 0.05) is 35.5 Å². The maximum Gasteiger partial charge on any atom is 0.496 e. The SMILES string of the molecule is C[C@@H]1CC2C3CC(F)=C4CC(=O)C=CC4(C)[C@@]3(F)[C@@H](O)CC2(C)[C@@]1(OC(=O)F)C(=O)S. The van der Waals surface area contributed by atoms with Gasteiger partial charge in [-0.1, -0.05) is 19.9 Å². The van der Waals surface area contributed by atoms with Crippen molar-refractivity contribution < 1.29 is 37.4 Å². The van der Waals surface area contributed by atoms with Crippen molar-refractivity contribution in [2.45, 2.75) is 63.8 Å². The second-order valence-electron chi connectivity index (χ2n) is 9.90. The van der Waals surface area contributed by atoms with Crippen LogP contribution in [0.3, 0.4) is 0 Å². The molecule has 0 aromatic heterocycles. The summed E-state index contributed by atoms with van der Waals surface area (Å²) in [6.07, 6.45) is -2.11. The lowest BCUT2D eigenvalue weighted by atomic mass is 9.45. The van der Waals surface area contributed by atoms with Gasteiger partial charge in [0.15, 0.2) is 17.1 Å². The molecule has 0 heterocycles. The normalized spacial score (nSPS) is 48.7. The van der Waals surface area contributed by atoms with Crippen LogP contribution in [0.1, 0.15) is 46.5 Å². The minimum absolute atomic E-state index is 0.0270. The van der Waals surface area contributed by atoms with Gasteiger partial charge in [-0.2, -0.15) is 0 Å². The van der Waals surface area contributed by atoms with E-state index >= 15 is 8.78 Å². The van der Waals surface area contributed by atoms with E-state index in [-0.39, 0.29) is 37.0 Å². The van der Waals surface area contributed by atoms with Gasteiger partial charge in [-0.25, -0.2) is 13.6 Å². The van der Waals surface area contributed by atoms with Crippen LogP contribution in [-0.4, -0.2) is 39.6 Å². The topological polar surface area (TPSA) is 80.7 Å². The van der Waals surface area contributed by atoms with Gasteiger partial charge in [-0.05, 0) is 37.3 Å². The standard InChI is InChI=1S/C22H25F3O5S/c1-10-6-12-13-8-15(23)14-7-11(26)4-5-19(14,2)21(13,25)16(27)9-20(12,3)22(10,17(28)31)30-18(24)29/h4-5,10,12-13,16,27H,6-9H2,1-3H3,(H,28,31)/t10-,12?,13?,16+,19?,20?,21+,22+/m1/s1. The molecule has 4 aliphatic carbocycles. The molecule has 170 valence electrons. The summed E-state index contributed by atoms with van der Waals surface area (Å²) < 4.78 is 50.7. The number of ketones is 1. The van der Waals surface area contributed by atoms with E-state index in [1.54, 1.807) is 13.8 Å². The summed E-state index contributed by atoms with van der Waals surface area (Å²) in [5.74, 6) is -3.47. The number of rotatable bonds is 2. The van der Waals surface area contributed by atoms with E-state index in [0.717, 1.165) is 0 Å². The van der Waals surface area contributed by atoms with Gasteiger partial charge in [-0.3, -0.25) is 9.59 Å². The Balaban J connectivity index is 1.91. The molecule has 4 rings (SSSR count). The Labute approximate surface area is 183 Å². The molecule has 4 unspecified atom stereocenters. The summed E-state index contributed by atoms with van der Waals surface area (Å²) in [6.45, 7) is 4.59. The number of halogens is 3. The van der Waals surface area contributed by atoms with Crippen molar-refractivity contribution in [2.75, 3.05) is 0 Å². The van der Waals surface area contributed by atoms with Crippen LogP contribution in [0.5, 0.6) is 0 Å². The third kappa shape index (κ3) is 2.53. The molecule has 0 amide bonds. The molecule has 31 heavy (non-hydrogen) atoms. The molecule has 0 saturated heterocycles. The highest BCUT2D eigenvalue weighted by Gasteiger charge is 2.77. The lowest BCUT2D eigenvalue weighted by molar-refractivity contribution is -0.214. The fourth-order valence-corrected chi connectivity index (χ4v) is 7.86. The van der Waals surface area contributed by atoms with Gasteiger partial charge in [0.25, 0.3) is 0 Å². The predicted molar refractivity (Wildman–Crippen MR) is 107 cm³/mol. The molecule has 2 saturated carbocycles. The molecule has 0 spiro atoms. The number of alkyl halides is 1. The Morgan fingerprint density at radius 3 is 2.52 bits per heavy atom. The second-order valence-corrected chi connectivity index (χ2v) is 10.3. The first-order chi connectivity index (χ1) is 14.3. The summed E-state index contributed by atoms with van der Waals surface area (Å²) >= 11 is 3.88. The van der Waals surface area contributed by atoms with Crippen LogP contribution >= 0.6 is 12.6 Å². The van der Waals surface area contributed by atoms with Gasteiger partial charge in [-0.15, -0.1) is 17.0 Å². The number of thiol groups is 1. The number of aliphatic hydroxyl groups is 1. The lowest BCUT2D eigenvalue weighted by Crippen LogP contribution is -2.69. The summed E-state index contributed by atoms with van der Waals surface area (Å²) in [6, 6.07) is 0. The number of allylic oxidation sites excluding steroid dienone is 4. The van der Waals surface area contributed by atoms with Crippen LogP contribution in [0, 0.1) is 28.6 Å². The first-order valence-corrected chi connectivity index (χ1v) is 10.8. The van der Waals surface area contributed by atoms with Crippen molar-refractivity contribution >= 4 is 29.8 Å². The molecule has 8 atom stereocenters. The van der Waals surface area contributed by atoms with Crippen LogP contribution in [0.25, 0.3) is 0 Å². The summed E-state index contributed by atoms with van der Waals surface area (Å²) in [4.78, 5) is 35.8. The lowest BCUT2D eigenvalue weighted by Gasteiger charge is -2.62. The summed E-state index contributed by atoms with van der Waals surface area (Å²) in [5, 5.41) is 10.3. The molecule has 1 N–H and O–H groups in total. The van der Waals surface area contributed by atoms with Crippen molar-refractivity contribution in [3.8, 4) is 0 Å². The van der Waals surface area contributed by atoms with E-state index in [4.69, 9.17) is 4.74 Å². The van der Waals surface area contributed by atoms with E-state index < -0.39 is 63.1 Å². The number of hydrogen-bond donors (Lipinski definition) is 2. The Morgan fingerprint density at radius 1 is 1.29 bits per heavy atom. The van der Waals surface area contributed by atoms with Crippen molar-refractivity contribution in [1.82, 2.24) is 0 Å². The molecule has 2 fully saturated rings. The highest BCUT2D eigenvalue weighted by atomic mass is 32.1. The number of fused-ring (bicyclic) bond motifs is 5. The van der Waals surface area contributed by atoms with Crippen LogP contribution in [-0.2, 0) is 14.3 Å². The first-order valence-electron chi connectivity index (χ1n) is 10.3. The highest BCUT2D eigenvalue weighted by Crippen LogP contribution is 2.71. The maximum atomic E-state index is 17.0. The minimum atomic E-state index is -2.32. The molecular formula is C22H25F3O5S. The van der Waals surface area contributed by atoms with Gasteiger partial charge in [0.2, 0.25) is 5.12 Å². The average Bonchev–Trinajstić information content (AvgIpc) is 2.87. The number of aliphatic hydroxyl groups excluding tert-OH is 1. The third-order valence-electron chi connectivity index (χ3n) is 8.76. The largest absolute Gasteiger partial charge is 0.496 e. The highest BCUT2D eigenvalue weighted by molar-refractivity contribution is 7.96. The number of ether oxygens (including phenoxy) is 1. The zero-order valence-corrected chi connectivity index (χ0v) is 18.3. The van der Waals surface area contributed by atoms with Crippen LogP contribution in [0.4, 0.5) is 18.0 Å². The molecule has 9 heteroatoms. The Bertz CT molecular complexity index is 949. The number of carbonyl (C=O) groups excluding carboxylic acids is 3. The van der Waals surface area contributed by atoms with E-state index in [1.807, 2.05) is 0 Å². The third-order valence-corrected chi connectivity index (χ3v) is 9.09. The van der Waals surface area contributed by atoms with Crippen molar-refractivity contribution in [3.05, 3.63) is 23.6 Å². The van der Waals surface area contributed by atoms with E-state index in [9.17, 15) is 23.9 Å². The smallest absolute Gasteiger partial charge is 0.424 e. The van der Waals surface area contributed by atoms with Crippen molar-refractivity contribution in [2.24, 2.45) is 28.6 Å². The van der Waals surface area contributed by atoms with E-state index in [1.165, 1.54) is 19.1 Å². The molecule has 0 bridgehead atoms. The van der Waals surface area contributed by atoms with Crippen LogP contribution < -0.4 is 0 Å². The maximum absolute atomic E-state index is 17.0. The molecule has 4 aliphatic rings. The molecule has 5 nitrogen and oxygen atoms in total. The molecular weight excluding hydrogens is 433 g/mol. The Kier molecular flexibility index (Phi) is 4.88. The summed E-state index contributed by atoms with van der Waals surface area (Å²) in [7, 11) is 0. The van der Waals surface area contributed by atoms with Crippen LogP contribution in [0.15, 0.2) is 23.6 Å². The van der Waals surface area contributed by atoms with Gasteiger partial charge in [0.05, 0.1) is 6.10 Å². The Morgan fingerprint density at radius 2 is 1.94 bits per heavy atom. The second kappa shape index (κ2) is 6.70. The fraction of sp³-hybridized carbons (Fsp3) is 0.682. The van der Waals surface area contributed by atoms with Gasteiger partial charge in [0.1, 0.15) is 5.83 Å². The zero-order chi connectivity index (χ0) is 23.1. The van der Waals surface area contributed by atoms with Gasteiger partial charge < -0.3 is 9.84 Å². The predicted octanol–water partition coefficient (Wildman–Crippen LogP) is 4.20. The number of hydrogen-bond acceptors (Lipinski definition) is 5. The number of carbonyl (C=O) groups is 3. The molecule has 0 aromatic carbocycles. The quantitative estimate of drug-likeness (QED) is 0.479. The van der Waals surface area contributed by atoms with Crippen molar-refractivity contribution in [3.63, 3.8) is 0 Å². The van der Waals surface area contributed by atoms with Crippen molar-refractivity contribution in [1.29, 1.82) is 0 Å². The summed E-state index contributed by atoms with van der Waals surface area (Å²) in [5.41, 5.74) is -7.23. The van der Waals surface area contributed by atoms with Crippen LogP contribution in [0.2, 0.25) is 0 Å².